The molecule has 1 unspecified atom stereocenters. The van der Waals surface area contributed by atoms with Crippen LogP contribution >= 0.6 is 0 Å². The van der Waals surface area contributed by atoms with Crippen molar-refractivity contribution in [3.63, 3.8) is 0 Å². The van der Waals surface area contributed by atoms with E-state index in [1.807, 2.05) is 13.1 Å². The zero-order valence-electron chi connectivity index (χ0n) is 16.4. The van der Waals surface area contributed by atoms with Gasteiger partial charge in [-0.1, -0.05) is 12.1 Å². The average molecular weight is 415 g/mol. The normalized spacial score (nSPS) is 14.1. The van der Waals surface area contributed by atoms with E-state index in [9.17, 15) is 4.39 Å². The Morgan fingerprint density at radius 1 is 0.967 bits per heavy atom. The highest BCUT2D eigenvalue weighted by Gasteiger charge is 2.21. The molecule has 2 aromatic carbocycles. The number of hydrogen-bond donors (Lipinski definition) is 1. The molecule has 1 N–H and O–H groups in total. The van der Waals surface area contributed by atoms with E-state index in [-0.39, 0.29) is 31.2 Å². The fraction of sp³-hybridized carbons (Fsp3) is 0.273. The SMILES string of the molecule is CNCCC(Oc1cccc2c1OCOc1c(F)cccc1OCO2)c1ccoc1. The number of halogens is 1. The molecule has 1 aromatic heterocycles. The number of fused-ring (bicyclic) bond motifs is 2. The molecule has 1 atom stereocenters. The molecule has 8 heteroatoms. The number of para-hydroxylation sites is 2. The maximum absolute atomic E-state index is 14.1. The molecule has 30 heavy (non-hydrogen) atoms. The number of rotatable bonds is 6. The van der Waals surface area contributed by atoms with Crippen LogP contribution in [0.3, 0.4) is 0 Å². The molecule has 7 nitrogen and oxygen atoms in total. The zero-order chi connectivity index (χ0) is 20.8. The molecular formula is C22H22FNO6. The first-order valence-corrected chi connectivity index (χ1v) is 9.52. The molecule has 0 saturated heterocycles. The van der Waals surface area contributed by atoms with Crippen LogP contribution in [-0.2, 0) is 0 Å². The van der Waals surface area contributed by atoms with E-state index in [2.05, 4.69) is 5.32 Å². The van der Waals surface area contributed by atoms with E-state index in [1.54, 1.807) is 36.8 Å². The Balaban J connectivity index is 1.58. The van der Waals surface area contributed by atoms with Crippen LogP contribution < -0.4 is 29.0 Å². The van der Waals surface area contributed by atoms with E-state index in [4.69, 9.17) is 28.1 Å². The van der Waals surface area contributed by atoms with Gasteiger partial charge in [0.05, 0.1) is 12.5 Å². The van der Waals surface area contributed by atoms with Crippen LogP contribution in [-0.4, -0.2) is 27.2 Å². The summed E-state index contributed by atoms with van der Waals surface area (Å²) in [5.74, 6) is 0.894. The summed E-state index contributed by atoms with van der Waals surface area (Å²) >= 11 is 0. The Labute approximate surface area is 173 Å². The summed E-state index contributed by atoms with van der Waals surface area (Å²) in [6.45, 7) is 0.348. The molecule has 0 saturated carbocycles. The summed E-state index contributed by atoms with van der Waals surface area (Å²) in [5, 5.41) is 3.12. The lowest BCUT2D eigenvalue weighted by molar-refractivity contribution is 0.0646. The van der Waals surface area contributed by atoms with Crippen LogP contribution in [0.2, 0.25) is 0 Å². The summed E-state index contributed by atoms with van der Waals surface area (Å²) < 4.78 is 48.1. The maximum atomic E-state index is 14.1. The molecule has 0 bridgehead atoms. The smallest absolute Gasteiger partial charge is 0.231 e. The van der Waals surface area contributed by atoms with Gasteiger partial charge in [-0.25, -0.2) is 4.39 Å². The highest BCUT2D eigenvalue weighted by Crippen LogP contribution is 2.41. The van der Waals surface area contributed by atoms with Gasteiger partial charge in [-0.2, -0.15) is 0 Å². The monoisotopic (exact) mass is 415 g/mol. The minimum Gasteiger partial charge on any atom is -0.482 e. The van der Waals surface area contributed by atoms with Crippen LogP contribution in [0, 0.1) is 5.82 Å². The fourth-order valence-corrected chi connectivity index (χ4v) is 3.07. The van der Waals surface area contributed by atoms with Crippen LogP contribution in [0.5, 0.6) is 28.7 Å². The fourth-order valence-electron chi connectivity index (χ4n) is 3.07. The molecule has 0 fully saturated rings. The second kappa shape index (κ2) is 9.41. The highest BCUT2D eigenvalue weighted by molar-refractivity contribution is 5.51. The molecule has 2 heterocycles. The molecular weight excluding hydrogens is 393 g/mol. The van der Waals surface area contributed by atoms with E-state index >= 15 is 0 Å². The summed E-state index contributed by atoms with van der Waals surface area (Å²) in [6, 6.07) is 11.6. The molecule has 0 aliphatic carbocycles. The van der Waals surface area contributed by atoms with Crippen LogP contribution in [0.4, 0.5) is 4.39 Å². The van der Waals surface area contributed by atoms with E-state index in [0.29, 0.717) is 23.7 Å². The van der Waals surface area contributed by atoms with Crippen molar-refractivity contribution in [2.45, 2.75) is 12.5 Å². The van der Waals surface area contributed by atoms with Gasteiger partial charge in [0, 0.05) is 12.0 Å². The number of nitrogens with one attached hydrogen (secondary N) is 1. The molecule has 4 rings (SSSR count). The third kappa shape index (κ3) is 4.44. The Kier molecular flexibility index (Phi) is 6.24. The molecule has 1 aliphatic heterocycles. The minimum atomic E-state index is -0.548. The van der Waals surface area contributed by atoms with E-state index < -0.39 is 5.82 Å². The van der Waals surface area contributed by atoms with Crippen molar-refractivity contribution in [2.75, 3.05) is 27.2 Å². The Bertz CT molecular complexity index is 962. The molecule has 158 valence electrons. The first-order chi connectivity index (χ1) is 14.8. The van der Waals surface area contributed by atoms with Gasteiger partial charge < -0.3 is 33.4 Å². The Morgan fingerprint density at radius 3 is 2.47 bits per heavy atom. The predicted octanol–water partition coefficient (Wildman–Crippen LogP) is 4.29. The van der Waals surface area contributed by atoms with E-state index in [1.165, 1.54) is 12.1 Å². The second-order valence-electron chi connectivity index (χ2n) is 6.52. The largest absolute Gasteiger partial charge is 0.482 e. The summed E-state index contributed by atoms with van der Waals surface area (Å²) in [7, 11) is 1.88. The summed E-state index contributed by atoms with van der Waals surface area (Å²) in [4.78, 5) is 0. The number of furan rings is 1. The topological polar surface area (TPSA) is 71.3 Å². The van der Waals surface area contributed by atoms with Crippen molar-refractivity contribution in [3.05, 3.63) is 66.4 Å². The predicted molar refractivity (Wildman–Crippen MR) is 106 cm³/mol. The van der Waals surface area contributed by atoms with Gasteiger partial charge >= 0.3 is 0 Å². The van der Waals surface area contributed by atoms with Gasteiger partial charge in [0.2, 0.25) is 25.1 Å². The molecule has 0 spiro atoms. The van der Waals surface area contributed by atoms with Gasteiger partial charge in [0.1, 0.15) is 6.10 Å². The third-order valence-electron chi connectivity index (χ3n) is 4.55. The van der Waals surface area contributed by atoms with Gasteiger partial charge in [-0.05, 0) is 43.9 Å². The van der Waals surface area contributed by atoms with Crippen LogP contribution in [0.1, 0.15) is 18.1 Å². The van der Waals surface area contributed by atoms with Crippen LogP contribution in [0.25, 0.3) is 0 Å². The molecule has 1 aliphatic rings. The zero-order valence-corrected chi connectivity index (χ0v) is 16.4. The van der Waals surface area contributed by atoms with Crippen LogP contribution in [0.15, 0.2) is 59.4 Å². The first kappa shape index (κ1) is 19.9. The Hall–Kier alpha value is -3.39. The second-order valence-corrected chi connectivity index (χ2v) is 6.52. The van der Waals surface area contributed by atoms with Crippen molar-refractivity contribution in [1.82, 2.24) is 5.32 Å². The van der Waals surface area contributed by atoms with Gasteiger partial charge in [0.25, 0.3) is 0 Å². The lowest BCUT2D eigenvalue weighted by Crippen LogP contribution is -2.17. The highest BCUT2D eigenvalue weighted by atomic mass is 19.1. The van der Waals surface area contributed by atoms with Crippen molar-refractivity contribution in [1.29, 1.82) is 0 Å². The molecule has 0 amide bonds. The standard InChI is InChI=1S/C22H22FNO6/c1-24-10-8-17(15-9-11-25-12-15)30-20-7-3-6-19-22(20)29-14-28-21-16(23)4-2-5-18(21)26-13-27-19/h2-7,9,11-12,17,24H,8,10,13-14H2,1H3. The summed E-state index contributed by atoms with van der Waals surface area (Å²) in [6.07, 6.45) is 3.69. The van der Waals surface area contributed by atoms with Crippen molar-refractivity contribution in [3.8, 4) is 28.7 Å². The molecule has 3 aromatic rings. The quantitative estimate of drug-likeness (QED) is 0.644. The van der Waals surface area contributed by atoms with Gasteiger partial charge in [0.15, 0.2) is 23.1 Å². The van der Waals surface area contributed by atoms with E-state index in [0.717, 1.165) is 12.1 Å². The number of hydrogen-bond acceptors (Lipinski definition) is 7. The number of ether oxygens (including phenoxy) is 5. The van der Waals surface area contributed by atoms with Crippen molar-refractivity contribution in [2.24, 2.45) is 0 Å². The lowest BCUT2D eigenvalue weighted by Gasteiger charge is -2.23. The lowest BCUT2D eigenvalue weighted by atomic mass is 10.1. The first-order valence-electron chi connectivity index (χ1n) is 9.52. The summed E-state index contributed by atoms with van der Waals surface area (Å²) in [5.41, 5.74) is 0.902. The van der Waals surface area contributed by atoms with Gasteiger partial charge in [-0.3, -0.25) is 0 Å². The number of benzene rings is 2. The van der Waals surface area contributed by atoms with Crippen molar-refractivity contribution < 1.29 is 32.5 Å². The minimum absolute atomic E-state index is 0.0340. The molecule has 0 radical (unpaired) electrons. The average Bonchev–Trinajstić information content (AvgIpc) is 3.29. The Morgan fingerprint density at radius 2 is 1.70 bits per heavy atom. The maximum Gasteiger partial charge on any atom is 0.231 e. The van der Waals surface area contributed by atoms with Crippen molar-refractivity contribution >= 4 is 0 Å². The van der Waals surface area contributed by atoms with Gasteiger partial charge in [-0.15, -0.1) is 0 Å². The third-order valence-corrected chi connectivity index (χ3v) is 4.55.